The van der Waals surface area contributed by atoms with Gasteiger partial charge in [-0.25, -0.2) is 8.42 Å². The molecule has 1 aromatic heterocycles. The van der Waals surface area contributed by atoms with Crippen LogP contribution < -0.4 is 0 Å². The molecule has 0 N–H and O–H groups in total. The molecule has 0 aromatic carbocycles. The SMILES string of the molecule is CCOC(=O)C1CCN(C(=O)[C@@H]2CCCN(S(=O)(=O)c3cccs3)C2)CC1. The summed E-state index contributed by atoms with van der Waals surface area (Å²) in [5, 5.41) is 1.74. The number of carbonyl (C=O) groups is 2. The predicted molar refractivity (Wildman–Crippen MR) is 102 cm³/mol. The third-order valence-corrected chi connectivity index (χ3v) is 8.49. The minimum Gasteiger partial charge on any atom is -0.466 e. The van der Waals surface area contributed by atoms with Crippen molar-refractivity contribution in [2.75, 3.05) is 32.8 Å². The Hall–Kier alpha value is -1.45. The van der Waals surface area contributed by atoms with Gasteiger partial charge in [-0.3, -0.25) is 9.59 Å². The normalized spacial score (nSPS) is 22.6. The Morgan fingerprint density at radius 1 is 1.19 bits per heavy atom. The van der Waals surface area contributed by atoms with Crippen molar-refractivity contribution in [3.8, 4) is 0 Å². The quantitative estimate of drug-likeness (QED) is 0.688. The van der Waals surface area contributed by atoms with E-state index in [4.69, 9.17) is 4.74 Å². The van der Waals surface area contributed by atoms with Gasteiger partial charge in [-0.2, -0.15) is 4.31 Å². The average molecular weight is 415 g/mol. The first-order chi connectivity index (χ1) is 12.9. The van der Waals surface area contributed by atoms with Gasteiger partial charge in [0.2, 0.25) is 5.91 Å². The van der Waals surface area contributed by atoms with Crippen LogP contribution in [0.3, 0.4) is 0 Å². The first-order valence-corrected chi connectivity index (χ1v) is 11.7. The Labute approximate surface area is 164 Å². The van der Waals surface area contributed by atoms with Crippen LogP contribution in [0.25, 0.3) is 0 Å². The second-order valence-electron chi connectivity index (χ2n) is 6.99. The van der Waals surface area contributed by atoms with Crippen LogP contribution in [0.15, 0.2) is 21.7 Å². The molecular formula is C18H26N2O5S2. The van der Waals surface area contributed by atoms with Crippen molar-refractivity contribution in [3.63, 3.8) is 0 Å². The molecule has 0 saturated carbocycles. The molecule has 2 saturated heterocycles. The lowest BCUT2D eigenvalue weighted by Crippen LogP contribution is -2.49. The average Bonchev–Trinajstić information content (AvgIpc) is 3.23. The van der Waals surface area contributed by atoms with Crippen LogP contribution in [0.2, 0.25) is 0 Å². The van der Waals surface area contributed by atoms with E-state index in [0.717, 1.165) is 0 Å². The van der Waals surface area contributed by atoms with E-state index in [1.54, 1.807) is 29.3 Å². The van der Waals surface area contributed by atoms with Crippen molar-refractivity contribution in [1.29, 1.82) is 0 Å². The van der Waals surface area contributed by atoms with Crippen molar-refractivity contribution < 1.29 is 22.7 Å². The van der Waals surface area contributed by atoms with E-state index in [1.165, 1.54) is 15.6 Å². The Kier molecular flexibility index (Phi) is 6.54. The molecule has 0 radical (unpaired) electrons. The molecule has 0 unspecified atom stereocenters. The lowest BCUT2D eigenvalue weighted by molar-refractivity contribution is -0.152. The predicted octanol–water partition coefficient (Wildman–Crippen LogP) is 1.95. The highest BCUT2D eigenvalue weighted by molar-refractivity contribution is 7.91. The maximum absolute atomic E-state index is 12.9. The summed E-state index contributed by atoms with van der Waals surface area (Å²) in [5.74, 6) is -0.637. The second kappa shape index (κ2) is 8.70. The summed E-state index contributed by atoms with van der Waals surface area (Å²) in [5.41, 5.74) is 0. The van der Waals surface area contributed by atoms with Crippen LogP contribution in [0.5, 0.6) is 0 Å². The van der Waals surface area contributed by atoms with Crippen molar-refractivity contribution in [2.45, 2.75) is 36.8 Å². The lowest BCUT2D eigenvalue weighted by atomic mass is 9.93. The van der Waals surface area contributed by atoms with Crippen LogP contribution in [-0.2, 0) is 24.3 Å². The summed E-state index contributed by atoms with van der Waals surface area (Å²) in [6.07, 6.45) is 2.59. The number of piperidine rings is 2. The highest BCUT2D eigenvalue weighted by Crippen LogP contribution is 2.28. The lowest BCUT2D eigenvalue weighted by Gasteiger charge is -2.36. The third-order valence-electron chi connectivity index (χ3n) is 5.25. The largest absolute Gasteiger partial charge is 0.466 e. The summed E-state index contributed by atoms with van der Waals surface area (Å²) in [4.78, 5) is 26.5. The Morgan fingerprint density at radius 3 is 2.56 bits per heavy atom. The van der Waals surface area contributed by atoms with Crippen LogP contribution >= 0.6 is 11.3 Å². The van der Waals surface area contributed by atoms with Crippen molar-refractivity contribution in [3.05, 3.63) is 17.5 Å². The molecular weight excluding hydrogens is 388 g/mol. The summed E-state index contributed by atoms with van der Waals surface area (Å²) in [7, 11) is -3.52. The number of thiophene rings is 1. The molecule has 1 aromatic rings. The number of esters is 1. The highest BCUT2D eigenvalue weighted by atomic mass is 32.2. The molecule has 2 fully saturated rings. The van der Waals surface area contributed by atoms with Crippen LogP contribution in [0.4, 0.5) is 0 Å². The fourth-order valence-electron chi connectivity index (χ4n) is 3.75. The molecule has 0 spiro atoms. The fourth-order valence-corrected chi connectivity index (χ4v) is 6.42. The maximum Gasteiger partial charge on any atom is 0.309 e. The number of sulfonamides is 1. The van der Waals surface area contributed by atoms with Gasteiger partial charge in [0.15, 0.2) is 0 Å². The van der Waals surface area contributed by atoms with Crippen molar-refractivity contribution in [2.24, 2.45) is 11.8 Å². The number of hydrogen-bond acceptors (Lipinski definition) is 6. The molecule has 9 heteroatoms. The zero-order chi connectivity index (χ0) is 19.4. The maximum atomic E-state index is 12.9. The standard InChI is InChI=1S/C18H26N2O5S2/c1-2-25-18(22)14-7-10-19(11-8-14)17(21)15-5-3-9-20(13-15)27(23,24)16-6-4-12-26-16/h4,6,12,14-15H,2-3,5,7-11,13H2,1H3/t15-/m1/s1. The first-order valence-electron chi connectivity index (χ1n) is 9.42. The van der Waals surface area contributed by atoms with Gasteiger partial charge in [-0.05, 0) is 44.1 Å². The fraction of sp³-hybridized carbons (Fsp3) is 0.667. The van der Waals surface area contributed by atoms with Gasteiger partial charge in [-0.1, -0.05) is 6.07 Å². The molecule has 0 bridgehead atoms. The van der Waals surface area contributed by atoms with Gasteiger partial charge in [0, 0.05) is 26.2 Å². The van der Waals surface area contributed by atoms with Crippen LogP contribution in [0.1, 0.15) is 32.6 Å². The number of likely N-dealkylation sites (tertiary alicyclic amines) is 1. The molecule has 1 amide bonds. The van der Waals surface area contributed by atoms with E-state index in [-0.39, 0.29) is 30.3 Å². The highest BCUT2D eigenvalue weighted by Gasteiger charge is 2.37. The minimum absolute atomic E-state index is 0.00314. The molecule has 3 heterocycles. The molecule has 2 aliphatic heterocycles. The van der Waals surface area contributed by atoms with E-state index in [0.29, 0.717) is 56.1 Å². The molecule has 1 atom stereocenters. The molecule has 7 nitrogen and oxygen atoms in total. The number of rotatable bonds is 5. The van der Waals surface area contributed by atoms with Gasteiger partial charge in [0.05, 0.1) is 18.4 Å². The van der Waals surface area contributed by atoms with Gasteiger partial charge in [0.1, 0.15) is 4.21 Å². The molecule has 150 valence electrons. The van der Waals surface area contributed by atoms with E-state index >= 15 is 0 Å². The number of nitrogens with zero attached hydrogens (tertiary/aromatic N) is 2. The van der Waals surface area contributed by atoms with Gasteiger partial charge >= 0.3 is 5.97 Å². The number of carbonyl (C=O) groups excluding carboxylic acids is 2. The number of ether oxygens (including phenoxy) is 1. The summed E-state index contributed by atoms with van der Waals surface area (Å²) < 4.78 is 32.3. The summed E-state index contributed by atoms with van der Waals surface area (Å²) in [6, 6.07) is 3.32. The molecule has 0 aliphatic carbocycles. The van der Waals surface area contributed by atoms with Crippen molar-refractivity contribution in [1.82, 2.24) is 9.21 Å². The number of amides is 1. The Bertz CT molecular complexity index is 755. The summed E-state index contributed by atoms with van der Waals surface area (Å²) >= 11 is 1.20. The van der Waals surface area contributed by atoms with Gasteiger partial charge in [0.25, 0.3) is 10.0 Å². The number of hydrogen-bond donors (Lipinski definition) is 0. The van der Waals surface area contributed by atoms with E-state index in [1.807, 2.05) is 0 Å². The van der Waals surface area contributed by atoms with Crippen LogP contribution in [-0.4, -0.2) is 62.3 Å². The van der Waals surface area contributed by atoms with Gasteiger partial charge < -0.3 is 9.64 Å². The zero-order valence-corrected chi connectivity index (χ0v) is 17.1. The topological polar surface area (TPSA) is 84.0 Å². The molecule has 3 rings (SSSR count). The van der Waals surface area contributed by atoms with Crippen LogP contribution in [0, 0.1) is 11.8 Å². The first kappa shape index (κ1) is 20.3. The Morgan fingerprint density at radius 2 is 1.93 bits per heavy atom. The monoisotopic (exact) mass is 414 g/mol. The third kappa shape index (κ3) is 4.52. The Balaban J connectivity index is 1.59. The van der Waals surface area contributed by atoms with E-state index in [2.05, 4.69) is 0 Å². The second-order valence-corrected chi connectivity index (χ2v) is 10.1. The van der Waals surface area contributed by atoms with E-state index in [9.17, 15) is 18.0 Å². The molecule has 27 heavy (non-hydrogen) atoms. The zero-order valence-electron chi connectivity index (χ0n) is 15.5. The van der Waals surface area contributed by atoms with Gasteiger partial charge in [-0.15, -0.1) is 11.3 Å². The van der Waals surface area contributed by atoms with E-state index < -0.39 is 10.0 Å². The summed E-state index contributed by atoms with van der Waals surface area (Å²) in [6.45, 7) is 3.89. The van der Waals surface area contributed by atoms with Crippen molar-refractivity contribution >= 4 is 33.2 Å². The minimum atomic E-state index is -3.52. The molecule has 2 aliphatic rings. The smallest absolute Gasteiger partial charge is 0.309 e.